The van der Waals surface area contributed by atoms with E-state index in [1.165, 1.54) is 10.8 Å². The van der Waals surface area contributed by atoms with E-state index in [1.807, 2.05) is 59.5 Å². The molecular weight excluding hydrogens is 496 g/mol. The maximum absolute atomic E-state index is 13.6. The smallest absolute Gasteiger partial charge is 0.251 e. The number of amides is 2. The van der Waals surface area contributed by atoms with Gasteiger partial charge in [-0.05, 0) is 71.5 Å². The van der Waals surface area contributed by atoms with Crippen molar-refractivity contribution >= 4 is 22.6 Å². The lowest BCUT2D eigenvalue weighted by Gasteiger charge is -2.25. The van der Waals surface area contributed by atoms with E-state index in [0.717, 1.165) is 42.4 Å². The number of hydrogen-bond donors (Lipinski definition) is 3. The lowest BCUT2D eigenvalue weighted by Crippen LogP contribution is -2.48. The molecule has 0 bridgehead atoms. The van der Waals surface area contributed by atoms with Crippen LogP contribution in [0.25, 0.3) is 21.9 Å². The molecule has 1 saturated heterocycles. The first-order valence-corrected chi connectivity index (χ1v) is 14.3. The van der Waals surface area contributed by atoms with E-state index in [9.17, 15) is 9.59 Å². The Kier molecular flexibility index (Phi) is 9.22. The highest BCUT2D eigenvalue weighted by Gasteiger charge is 2.30. The number of hydrogen-bond acceptors (Lipinski definition) is 4. The van der Waals surface area contributed by atoms with Crippen molar-refractivity contribution in [2.75, 3.05) is 19.6 Å². The van der Waals surface area contributed by atoms with E-state index < -0.39 is 0 Å². The average Bonchev–Trinajstić information content (AvgIpc) is 3.14. The van der Waals surface area contributed by atoms with Gasteiger partial charge in [-0.1, -0.05) is 85.3 Å². The van der Waals surface area contributed by atoms with E-state index in [0.29, 0.717) is 31.7 Å². The first-order valence-electron chi connectivity index (χ1n) is 14.3. The molecule has 1 aliphatic heterocycles. The third-order valence-corrected chi connectivity index (χ3v) is 7.69. The molecule has 2 atom stereocenters. The van der Waals surface area contributed by atoms with Crippen molar-refractivity contribution < 1.29 is 9.59 Å². The number of unbranched alkanes of at least 4 members (excludes halogenated alkanes) is 1. The highest BCUT2D eigenvalue weighted by molar-refractivity contribution is 5.94. The minimum Gasteiger partial charge on any atom is -0.350 e. The summed E-state index contributed by atoms with van der Waals surface area (Å²) in [5.41, 5.74) is 9.68. The first-order chi connectivity index (χ1) is 19.6. The summed E-state index contributed by atoms with van der Waals surface area (Å²) in [6.45, 7) is 2.29. The lowest BCUT2D eigenvalue weighted by atomic mass is 10.0. The van der Waals surface area contributed by atoms with Crippen molar-refractivity contribution in [2.45, 2.75) is 44.3 Å². The van der Waals surface area contributed by atoms with Gasteiger partial charge in [0.2, 0.25) is 5.91 Å². The molecule has 6 heteroatoms. The van der Waals surface area contributed by atoms with Gasteiger partial charge in [0.05, 0.1) is 6.04 Å². The highest BCUT2D eigenvalue weighted by Crippen LogP contribution is 2.21. The number of nitrogens with zero attached hydrogens (tertiary/aromatic N) is 1. The predicted molar refractivity (Wildman–Crippen MR) is 162 cm³/mol. The number of nitrogens with one attached hydrogen (secondary N) is 2. The highest BCUT2D eigenvalue weighted by atomic mass is 16.2. The van der Waals surface area contributed by atoms with Crippen LogP contribution in [0.5, 0.6) is 0 Å². The zero-order valence-corrected chi connectivity index (χ0v) is 22.9. The second-order valence-electron chi connectivity index (χ2n) is 10.6. The van der Waals surface area contributed by atoms with Crippen molar-refractivity contribution in [1.29, 1.82) is 0 Å². The van der Waals surface area contributed by atoms with Crippen molar-refractivity contribution in [2.24, 2.45) is 5.73 Å². The van der Waals surface area contributed by atoms with Gasteiger partial charge in [-0.2, -0.15) is 0 Å². The van der Waals surface area contributed by atoms with Crippen LogP contribution < -0.4 is 16.4 Å². The van der Waals surface area contributed by atoms with E-state index in [2.05, 4.69) is 53.1 Å². The number of rotatable bonds is 10. The molecule has 5 rings (SSSR count). The largest absolute Gasteiger partial charge is 0.350 e. The molecule has 0 aromatic heterocycles. The monoisotopic (exact) mass is 534 g/mol. The van der Waals surface area contributed by atoms with Crippen molar-refractivity contribution in [3.8, 4) is 11.1 Å². The summed E-state index contributed by atoms with van der Waals surface area (Å²) in [5.74, 6) is 0.0141. The second-order valence-corrected chi connectivity index (χ2v) is 10.6. The summed E-state index contributed by atoms with van der Waals surface area (Å²) in [6, 6.07) is 32.2. The first kappa shape index (κ1) is 27.6. The molecule has 1 heterocycles. The Morgan fingerprint density at radius 2 is 1.60 bits per heavy atom. The van der Waals surface area contributed by atoms with Crippen molar-refractivity contribution in [3.05, 3.63) is 108 Å². The standard InChI is InChI=1S/C34H38N4O2/c35-20-7-6-12-32-34(40)38(24-25-13-14-27-10-4-5-11-30(27)22-25)21-19-31(37-32)23-36-33(39)29-17-15-28(16-18-29)26-8-2-1-3-9-26/h1-5,8-11,13-18,22,31-32,37H,6-7,12,19-21,23-24,35H2,(H,36,39)/t31-,32-/m1/s1. The topological polar surface area (TPSA) is 87.5 Å². The fraction of sp³-hybridized carbons (Fsp3) is 0.294. The Morgan fingerprint density at radius 3 is 2.38 bits per heavy atom. The molecule has 1 aliphatic rings. The fourth-order valence-corrected chi connectivity index (χ4v) is 5.42. The third-order valence-electron chi connectivity index (χ3n) is 7.69. The molecule has 40 heavy (non-hydrogen) atoms. The molecule has 0 saturated carbocycles. The molecule has 6 nitrogen and oxygen atoms in total. The van der Waals surface area contributed by atoms with Crippen LogP contribution in [-0.4, -0.2) is 48.4 Å². The summed E-state index contributed by atoms with van der Waals surface area (Å²) in [7, 11) is 0. The predicted octanol–water partition coefficient (Wildman–Crippen LogP) is 5.12. The Morgan fingerprint density at radius 1 is 0.875 bits per heavy atom. The zero-order chi connectivity index (χ0) is 27.7. The van der Waals surface area contributed by atoms with Gasteiger partial charge in [-0.15, -0.1) is 0 Å². The molecule has 1 fully saturated rings. The molecule has 4 aromatic carbocycles. The number of carbonyl (C=O) groups is 2. The Bertz CT molecular complexity index is 1420. The summed E-state index contributed by atoms with van der Waals surface area (Å²) < 4.78 is 0. The number of benzene rings is 4. The van der Waals surface area contributed by atoms with E-state index in [1.54, 1.807) is 0 Å². The van der Waals surface area contributed by atoms with Gasteiger partial charge in [-0.3, -0.25) is 9.59 Å². The lowest BCUT2D eigenvalue weighted by molar-refractivity contribution is -0.133. The fourth-order valence-electron chi connectivity index (χ4n) is 5.42. The van der Waals surface area contributed by atoms with Crippen LogP contribution in [0, 0.1) is 0 Å². The van der Waals surface area contributed by atoms with Gasteiger partial charge in [0.15, 0.2) is 0 Å². The number of carbonyl (C=O) groups excluding carboxylic acids is 2. The maximum atomic E-state index is 13.6. The second kappa shape index (κ2) is 13.4. The van der Waals surface area contributed by atoms with Crippen LogP contribution >= 0.6 is 0 Å². The summed E-state index contributed by atoms with van der Waals surface area (Å²) in [4.78, 5) is 28.5. The Labute approximate surface area is 236 Å². The maximum Gasteiger partial charge on any atom is 0.251 e. The molecule has 4 aromatic rings. The van der Waals surface area contributed by atoms with Gasteiger partial charge in [0.25, 0.3) is 5.91 Å². The van der Waals surface area contributed by atoms with Crippen molar-refractivity contribution in [1.82, 2.24) is 15.5 Å². The molecule has 4 N–H and O–H groups in total. The summed E-state index contributed by atoms with van der Waals surface area (Å²) >= 11 is 0. The van der Waals surface area contributed by atoms with Crippen LogP contribution in [-0.2, 0) is 11.3 Å². The van der Waals surface area contributed by atoms with Crippen LogP contribution in [0.1, 0.15) is 41.6 Å². The van der Waals surface area contributed by atoms with Gasteiger partial charge >= 0.3 is 0 Å². The number of fused-ring (bicyclic) bond motifs is 1. The SMILES string of the molecule is NCCCC[C@H]1N[C@@H](CNC(=O)c2ccc(-c3ccccc3)cc2)CCN(Cc2ccc3ccccc3c2)C1=O. The van der Waals surface area contributed by atoms with Crippen LogP contribution in [0.15, 0.2) is 97.1 Å². The van der Waals surface area contributed by atoms with E-state index in [4.69, 9.17) is 5.73 Å². The van der Waals surface area contributed by atoms with Crippen LogP contribution in [0.2, 0.25) is 0 Å². The summed E-state index contributed by atoms with van der Waals surface area (Å²) in [5, 5.41) is 9.03. The van der Waals surface area contributed by atoms with Crippen LogP contribution in [0.3, 0.4) is 0 Å². The molecule has 0 unspecified atom stereocenters. The summed E-state index contributed by atoms with van der Waals surface area (Å²) in [6.07, 6.45) is 3.27. The molecular formula is C34H38N4O2. The Balaban J connectivity index is 1.23. The number of nitrogens with two attached hydrogens (primary N) is 1. The normalized spacial score (nSPS) is 17.5. The van der Waals surface area contributed by atoms with E-state index in [-0.39, 0.29) is 23.9 Å². The third kappa shape index (κ3) is 6.95. The molecule has 0 aliphatic carbocycles. The van der Waals surface area contributed by atoms with Gasteiger partial charge in [-0.25, -0.2) is 0 Å². The minimum atomic E-state index is -0.290. The average molecular weight is 535 g/mol. The van der Waals surface area contributed by atoms with Gasteiger partial charge < -0.3 is 21.3 Å². The molecule has 0 spiro atoms. The zero-order valence-electron chi connectivity index (χ0n) is 22.9. The quantitative estimate of drug-likeness (QED) is 0.246. The van der Waals surface area contributed by atoms with Gasteiger partial charge in [0.1, 0.15) is 0 Å². The minimum absolute atomic E-state index is 0.000900. The van der Waals surface area contributed by atoms with Crippen molar-refractivity contribution in [3.63, 3.8) is 0 Å². The van der Waals surface area contributed by atoms with Gasteiger partial charge in [0, 0.05) is 31.2 Å². The molecule has 0 radical (unpaired) electrons. The van der Waals surface area contributed by atoms with E-state index >= 15 is 0 Å². The Hall–Kier alpha value is -4.00. The molecule has 2 amide bonds. The molecule has 206 valence electrons. The van der Waals surface area contributed by atoms with Crippen LogP contribution in [0.4, 0.5) is 0 Å².